The van der Waals surface area contributed by atoms with Gasteiger partial charge in [0, 0.05) is 18.7 Å². The topological polar surface area (TPSA) is 89.9 Å². The molecule has 0 radical (unpaired) electrons. The first-order chi connectivity index (χ1) is 16.6. The first-order valence-corrected chi connectivity index (χ1v) is 11.1. The molecule has 0 unspecified atom stereocenters. The molecule has 3 aromatic rings. The van der Waals surface area contributed by atoms with Crippen LogP contribution >= 0.6 is 0 Å². The Balaban J connectivity index is 2.20. The molecule has 0 aliphatic carbocycles. The Bertz CT molecular complexity index is 1280. The summed E-state index contributed by atoms with van der Waals surface area (Å²) < 4.78 is 0. The van der Waals surface area contributed by atoms with E-state index < -0.39 is 0 Å². The molecule has 0 aliphatic rings. The van der Waals surface area contributed by atoms with Crippen LogP contribution in [0, 0.1) is 0 Å². The maximum absolute atomic E-state index is 5.94. The lowest BCUT2D eigenvalue weighted by Crippen LogP contribution is -2.12. The molecule has 2 aromatic carbocycles. The molecule has 5 heteroatoms. The van der Waals surface area contributed by atoms with Crippen LogP contribution in [0.3, 0.4) is 0 Å². The van der Waals surface area contributed by atoms with Gasteiger partial charge in [-0.2, -0.15) is 0 Å². The van der Waals surface area contributed by atoms with E-state index in [-0.39, 0.29) is 6.54 Å². The number of hydrogen-bond acceptors (Lipinski definition) is 5. The summed E-state index contributed by atoms with van der Waals surface area (Å²) in [6.45, 7) is 10.7. The third-order valence-corrected chi connectivity index (χ3v) is 5.22. The van der Waals surface area contributed by atoms with E-state index in [1.54, 1.807) is 6.08 Å². The summed E-state index contributed by atoms with van der Waals surface area (Å²) in [4.78, 5) is 9.80. The molecule has 0 bridgehead atoms. The van der Waals surface area contributed by atoms with Crippen molar-refractivity contribution in [2.75, 3.05) is 18.4 Å². The lowest BCUT2D eigenvalue weighted by Gasteiger charge is -2.16. The van der Waals surface area contributed by atoms with Crippen molar-refractivity contribution >= 4 is 22.3 Å². The molecule has 0 amide bonds. The summed E-state index contributed by atoms with van der Waals surface area (Å²) in [7, 11) is 0. The molecule has 1 heterocycles. The molecule has 0 saturated carbocycles. The first kappa shape index (κ1) is 24.4. The fraction of sp³-hybridized carbons (Fsp3) is 0.103. The third kappa shape index (κ3) is 5.77. The smallest absolute Gasteiger partial charge is 0.162 e. The molecule has 0 fully saturated rings. The average Bonchev–Trinajstić information content (AvgIpc) is 2.87. The number of fused-ring (bicyclic) bond motifs is 1. The Labute approximate surface area is 201 Å². The van der Waals surface area contributed by atoms with Crippen molar-refractivity contribution in [3.63, 3.8) is 0 Å². The summed E-state index contributed by atoms with van der Waals surface area (Å²) in [5.41, 5.74) is 17.1. The van der Waals surface area contributed by atoms with E-state index in [1.165, 1.54) is 6.20 Å². The number of nitrogens with one attached hydrogen (secondary N) is 1. The summed E-state index contributed by atoms with van der Waals surface area (Å²) in [6, 6.07) is 16.3. The van der Waals surface area contributed by atoms with Crippen molar-refractivity contribution in [1.29, 1.82) is 0 Å². The summed E-state index contributed by atoms with van der Waals surface area (Å²) in [6.07, 6.45) is 12.9. The van der Waals surface area contributed by atoms with Gasteiger partial charge in [0.25, 0.3) is 0 Å². The van der Waals surface area contributed by atoms with Crippen LogP contribution in [-0.2, 0) is 0 Å². The van der Waals surface area contributed by atoms with E-state index in [2.05, 4.69) is 36.7 Å². The zero-order valence-electron chi connectivity index (χ0n) is 19.5. The van der Waals surface area contributed by atoms with Gasteiger partial charge in [0.15, 0.2) is 5.82 Å². The fourth-order valence-electron chi connectivity index (χ4n) is 3.56. The molecule has 1 aromatic heterocycles. The number of anilines is 1. The van der Waals surface area contributed by atoms with E-state index in [0.717, 1.165) is 38.7 Å². The minimum atomic E-state index is 0.261. The Morgan fingerprint density at radius 2 is 1.85 bits per heavy atom. The average molecular weight is 450 g/mol. The second kappa shape index (κ2) is 12.1. The first-order valence-electron chi connectivity index (χ1n) is 11.1. The molecule has 172 valence electrons. The summed E-state index contributed by atoms with van der Waals surface area (Å²) >= 11 is 0. The van der Waals surface area contributed by atoms with Crippen LogP contribution in [-0.4, -0.2) is 23.1 Å². The predicted octanol–water partition coefficient (Wildman–Crippen LogP) is 5.77. The molecule has 3 rings (SSSR count). The van der Waals surface area contributed by atoms with Gasteiger partial charge in [0.1, 0.15) is 5.82 Å². The van der Waals surface area contributed by atoms with E-state index in [0.29, 0.717) is 18.2 Å². The third-order valence-electron chi connectivity index (χ3n) is 5.22. The largest absolute Gasteiger partial charge is 0.404 e. The Hall–Kier alpha value is -4.22. The molecule has 0 aliphatic heterocycles. The molecule has 5 nitrogen and oxygen atoms in total. The monoisotopic (exact) mass is 449 g/mol. The van der Waals surface area contributed by atoms with Gasteiger partial charge in [-0.3, -0.25) is 0 Å². The van der Waals surface area contributed by atoms with Crippen molar-refractivity contribution in [1.82, 2.24) is 9.97 Å². The molecule has 5 N–H and O–H groups in total. The van der Waals surface area contributed by atoms with Gasteiger partial charge in [-0.25, -0.2) is 9.97 Å². The van der Waals surface area contributed by atoms with Crippen LogP contribution in [0.25, 0.3) is 27.6 Å². The predicted molar refractivity (Wildman–Crippen MR) is 146 cm³/mol. The van der Waals surface area contributed by atoms with Crippen molar-refractivity contribution in [2.24, 2.45) is 11.5 Å². The number of rotatable bonds is 10. The highest BCUT2D eigenvalue weighted by Crippen LogP contribution is 2.34. The van der Waals surface area contributed by atoms with Crippen LogP contribution < -0.4 is 16.8 Å². The second-order valence-corrected chi connectivity index (χ2v) is 7.57. The fourth-order valence-corrected chi connectivity index (χ4v) is 3.56. The zero-order chi connectivity index (χ0) is 24.3. The van der Waals surface area contributed by atoms with Gasteiger partial charge in [-0.05, 0) is 41.5 Å². The van der Waals surface area contributed by atoms with Crippen LogP contribution in [0.1, 0.15) is 12.7 Å². The Morgan fingerprint density at radius 3 is 2.53 bits per heavy atom. The zero-order valence-corrected chi connectivity index (χ0v) is 19.5. The molecular formula is C29H31N5. The highest BCUT2D eigenvalue weighted by Gasteiger charge is 2.16. The van der Waals surface area contributed by atoms with Crippen molar-refractivity contribution in [3.8, 4) is 11.1 Å². The Kier molecular flexibility index (Phi) is 8.72. The quantitative estimate of drug-likeness (QED) is 0.342. The Morgan fingerprint density at radius 1 is 1.06 bits per heavy atom. The highest BCUT2D eigenvalue weighted by atomic mass is 15.0. The van der Waals surface area contributed by atoms with E-state index in [9.17, 15) is 0 Å². The van der Waals surface area contributed by atoms with Crippen molar-refractivity contribution < 1.29 is 0 Å². The highest BCUT2D eigenvalue weighted by molar-refractivity contribution is 6.02. The van der Waals surface area contributed by atoms with Crippen molar-refractivity contribution in [2.45, 2.75) is 6.92 Å². The minimum Gasteiger partial charge on any atom is -0.404 e. The van der Waals surface area contributed by atoms with Crippen molar-refractivity contribution in [3.05, 3.63) is 121 Å². The molecular weight excluding hydrogens is 418 g/mol. The van der Waals surface area contributed by atoms with Crippen LogP contribution in [0.4, 0.5) is 5.82 Å². The maximum atomic E-state index is 5.94. The number of nitrogens with zero attached hydrogens (tertiary/aromatic N) is 2. The molecule has 0 spiro atoms. The van der Waals surface area contributed by atoms with Gasteiger partial charge in [-0.15, -0.1) is 0 Å². The standard InChI is InChI=1S/C29H31N5/c1-4-6-8-13-21(3)20-32-29-27-24(22-14-9-7-10-15-22)16-11-17-26(27)33-28(34-29)25(12-5-2)23(18-30)19-31/h4-18H,2-3,19-20,30-31H2,1H3,(H,32,33,34)/b6-4-,13-8-,23-18-,25-12+. The molecule has 0 atom stereocenters. The van der Waals surface area contributed by atoms with Gasteiger partial charge in [0.05, 0.1) is 10.9 Å². The number of nitrogens with two attached hydrogens (primary N) is 2. The number of allylic oxidation sites excluding steroid dienone is 5. The van der Waals surface area contributed by atoms with Gasteiger partial charge < -0.3 is 16.8 Å². The minimum absolute atomic E-state index is 0.261. The number of benzene rings is 2. The van der Waals surface area contributed by atoms with E-state index in [4.69, 9.17) is 21.4 Å². The number of aromatic nitrogens is 2. The van der Waals surface area contributed by atoms with Gasteiger partial charge >= 0.3 is 0 Å². The lowest BCUT2D eigenvalue weighted by molar-refractivity contribution is 1.10. The van der Waals surface area contributed by atoms with Gasteiger partial charge in [-0.1, -0.05) is 92.1 Å². The molecule has 0 saturated heterocycles. The normalized spacial score (nSPS) is 12.5. The van der Waals surface area contributed by atoms with E-state index >= 15 is 0 Å². The van der Waals surface area contributed by atoms with Crippen LogP contribution in [0.15, 0.2) is 115 Å². The number of hydrogen-bond donors (Lipinski definition) is 3. The molecule has 34 heavy (non-hydrogen) atoms. The lowest BCUT2D eigenvalue weighted by atomic mass is 10.00. The maximum Gasteiger partial charge on any atom is 0.162 e. The summed E-state index contributed by atoms with van der Waals surface area (Å²) in [5.74, 6) is 1.24. The second-order valence-electron chi connectivity index (χ2n) is 7.57. The van der Waals surface area contributed by atoms with Crippen LogP contribution in [0.5, 0.6) is 0 Å². The summed E-state index contributed by atoms with van der Waals surface area (Å²) in [5, 5.41) is 4.41. The van der Waals surface area contributed by atoms with Crippen LogP contribution in [0.2, 0.25) is 0 Å². The van der Waals surface area contributed by atoms with Gasteiger partial charge in [0.2, 0.25) is 0 Å². The SMILES string of the molecule is C=C/C=C(\C(=C/N)CN)c1nc(NCC(=C)/C=C\C=C/C)c2c(-c3ccccc3)cccc2n1. The van der Waals surface area contributed by atoms with E-state index in [1.807, 2.05) is 67.6 Å².